The molecule has 0 amide bonds. The molecule has 0 bridgehead atoms. The maximum atomic E-state index is 13.1. The minimum absolute atomic E-state index is 0.238. The highest BCUT2D eigenvalue weighted by Gasteiger charge is 2.19. The number of halogens is 1. The second-order valence-corrected chi connectivity index (χ2v) is 4.24. The van der Waals surface area contributed by atoms with Gasteiger partial charge < -0.3 is 0 Å². The van der Waals surface area contributed by atoms with Gasteiger partial charge in [-0.25, -0.2) is 4.39 Å². The van der Waals surface area contributed by atoms with E-state index in [1.807, 2.05) is 15.3 Å². The van der Waals surface area contributed by atoms with Gasteiger partial charge in [0, 0.05) is 6.20 Å². The number of pyridine rings is 1. The second kappa shape index (κ2) is 3.75. The van der Waals surface area contributed by atoms with Crippen LogP contribution in [-0.2, 0) is 5.31 Å². The molecule has 2 atom stereocenters. The number of rotatable bonds is 2. The largest absolute Gasteiger partial charge is 0.258 e. The van der Waals surface area contributed by atoms with Crippen molar-refractivity contribution in [1.82, 2.24) is 4.98 Å². The van der Waals surface area contributed by atoms with Crippen molar-refractivity contribution in [3.8, 4) is 0 Å². The quantitative estimate of drug-likeness (QED) is 0.521. The minimum Gasteiger partial charge on any atom is -0.258 e. The van der Waals surface area contributed by atoms with Crippen LogP contribution in [0, 0.1) is 0 Å². The molecule has 1 rings (SSSR count). The molecule has 1 heterocycles. The first-order valence-corrected chi connectivity index (χ1v) is 4.72. The molecular formula is C9H12BFNP. The Kier molecular flexibility index (Phi) is 3.07. The van der Waals surface area contributed by atoms with E-state index < -0.39 is 5.31 Å². The summed E-state index contributed by atoms with van der Waals surface area (Å²) in [5.41, 5.74) is 1.32. The molecule has 0 spiro atoms. The lowest BCUT2D eigenvalue weighted by Gasteiger charge is -2.14. The zero-order valence-corrected chi connectivity index (χ0v) is 8.94. The number of hydrogen-bond acceptors (Lipinski definition) is 1. The summed E-state index contributed by atoms with van der Waals surface area (Å²) in [5, 5.41) is -1.92. The molecule has 0 fully saturated rings. The van der Waals surface area contributed by atoms with Gasteiger partial charge in [-0.3, -0.25) is 4.98 Å². The number of nitrogens with zero attached hydrogens (tertiary/aromatic N) is 1. The van der Waals surface area contributed by atoms with E-state index in [1.54, 1.807) is 12.3 Å². The Morgan fingerprint density at radius 3 is 2.46 bits per heavy atom. The van der Waals surface area contributed by atoms with E-state index in [0.717, 1.165) is 5.56 Å². The van der Waals surface area contributed by atoms with Crippen LogP contribution < -0.4 is 0 Å². The van der Waals surface area contributed by atoms with Crippen molar-refractivity contribution < 1.29 is 4.39 Å². The van der Waals surface area contributed by atoms with E-state index in [4.69, 9.17) is 7.85 Å². The first kappa shape index (κ1) is 10.7. The van der Waals surface area contributed by atoms with Crippen molar-refractivity contribution >= 4 is 17.1 Å². The summed E-state index contributed by atoms with van der Waals surface area (Å²) in [5.74, 6) is 0.401. The predicted molar refractivity (Wildman–Crippen MR) is 56.6 cm³/mol. The summed E-state index contributed by atoms with van der Waals surface area (Å²) < 4.78 is 13.1. The van der Waals surface area contributed by atoms with Crippen molar-refractivity contribution in [2.45, 2.75) is 25.1 Å². The standard InChI is InChI=1S/C9H12BFNP/c1-6(2)7-3-4-8(12-5-7)9(10,11)13/h3-6H,13H2,1-2H3. The van der Waals surface area contributed by atoms with Gasteiger partial charge in [-0.1, -0.05) is 19.9 Å². The smallest absolute Gasteiger partial charge is 0.136 e. The zero-order valence-electron chi connectivity index (χ0n) is 7.79. The number of hydrogen-bond donors (Lipinski definition) is 0. The first-order chi connectivity index (χ1) is 5.91. The fourth-order valence-corrected chi connectivity index (χ4v) is 1.14. The Morgan fingerprint density at radius 2 is 2.15 bits per heavy atom. The van der Waals surface area contributed by atoms with Crippen molar-refractivity contribution in [3.05, 3.63) is 29.6 Å². The number of aromatic nitrogens is 1. The van der Waals surface area contributed by atoms with Gasteiger partial charge >= 0.3 is 0 Å². The average Bonchev–Trinajstić information content (AvgIpc) is 2.03. The molecule has 4 heteroatoms. The maximum absolute atomic E-state index is 13.1. The second-order valence-electron chi connectivity index (χ2n) is 3.40. The van der Waals surface area contributed by atoms with Crippen LogP contribution in [0.5, 0.6) is 0 Å². The van der Waals surface area contributed by atoms with E-state index >= 15 is 0 Å². The predicted octanol–water partition coefficient (Wildman–Crippen LogP) is 2.33. The highest BCUT2D eigenvalue weighted by Crippen LogP contribution is 2.28. The third kappa shape index (κ3) is 2.77. The average molecular weight is 195 g/mol. The van der Waals surface area contributed by atoms with Crippen LogP contribution in [0.3, 0.4) is 0 Å². The van der Waals surface area contributed by atoms with E-state index in [0.29, 0.717) is 5.92 Å². The van der Waals surface area contributed by atoms with E-state index in [1.165, 1.54) is 0 Å². The molecule has 1 aromatic rings. The lowest BCUT2D eigenvalue weighted by atomic mass is 9.96. The van der Waals surface area contributed by atoms with Crippen molar-refractivity contribution in [3.63, 3.8) is 0 Å². The summed E-state index contributed by atoms with van der Waals surface area (Å²) in [6.45, 7) is 4.12. The molecule has 0 aliphatic heterocycles. The molecule has 0 aromatic carbocycles. The molecule has 0 saturated carbocycles. The summed E-state index contributed by atoms with van der Waals surface area (Å²) in [6, 6.07) is 3.46. The summed E-state index contributed by atoms with van der Waals surface area (Å²) in [7, 11) is 7.14. The molecule has 2 radical (unpaired) electrons. The van der Waals surface area contributed by atoms with Crippen LogP contribution in [0.2, 0.25) is 0 Å². The maximum Gasteiger partial charge on any atom is 0.136 e. The first-order valence-electron chi connectivity index (χ1n) is 4.14. The van der Waals surface area contributed by atoms with Gasteiger partial charge in [0.1, 0.15) is 13.2 Å². The Bertz CT molecular complexity index is 279. The van der Waals surface area contributed by atoms with E-state index in [2.05, 4.69) is 18.8 Å². The normalized spacial score (nSPS) is 15.8. The van der Waals surface area contributed by atoms with Gasteiger partial charge in [-0.2, -0.15) is 0 Å². The Labute approximate surface area is 81.8 Å². The fraction of sp³-hybridized carbons (Fsp3) is 0.444. The highest BCUT2D eigenvalue weighted by atomic mass is 31.0. The molecular weight excluding hydrogens is 183 g/mol. The van der Waals surface area contributed by atoms with Gasteiger partial charge in [0.2, 0.25) is 0 Å². The fourth-order valence-electron chi connectivity index (χ4n) is 0.973. The molecule has 13 heavy (non-hydrogen) atoms. The minimum atomic E-state index is -1.92. The highest BCUT2D eigenvalue weighted by molar-refractivity contribution is 7.21. The van der Waals surface area contributed by atoms with Gasteiger partial charge in [0.05, 0.1) is 5.69 Å². The van der Waals surface area contributed by atoms with Crippen LogP contribution >= 0.6 is 9.24 Å². The lowest BCUT2D eigenvalue weighted by molar-refractivity contribution is 0.404. The molecule has 0 aliphatic carbocycles. The summed E-state index contributed by atoms with van der Waals surface area (Å²) >= 11 is 0. The Morgan fingerprint density at radius 1 is 1.54 bits per heavy atom. The molecule has 68 valence electrons. The molecule has 2 unspecified atom stereocenters. The number of alkyl halides is 1. The lowest BCUT2D eigenvalue weighted by Crippen LogP contribution is -2.12. The third-order valence-corrected chi connectivity index (χ3v) is 2.14. The molecule has 0 saturated heterocycles. The summed E-state index contributed by atoms with van der Waals surface area (Å²) in [6.07, 6.45) is 1.66. The van der Waals surface area contributed by atoms with Gasteiger partial charge in [-0.15, -0.1) is 9.24 Å². The van der Waals surface area contributed by atoms with Gasteiger partial charge in [0.25, 0.3) is 0 Å². The molecule has 0 N–H and O–H groups in total. The van der Waals surface area contributed by atoms with Crippen molar-refractivity contribution in [2.24, 2.45) is 0 Å². The van der Waals surface area contributed by atoms with E-state index in [-0.39, 0.29) is 5.69 Å². The Balaban J connectivity index is 2.94. The van der Waals surface area contributed by atoms with Crippen LogP contribution in [0.4, 0.5) is 4.39 Å². The van der Waals surface area contributed by atoms with Gasteiger partial charge in [-0.05, 0) is 17.5 Å². The van der Waals surface area contributed by atoms with Crippen molar-refractivity contribution in [2.75, 3.05) is 0 Å². The van der Waals surface area contributed by atoms with Crippen LogP contribution in [0.15, 0.2) is 18.3 Å². The SMILES string of the molecule is [B]C(F)(P)c1ccc(C(C)C)cn1. The molecule has 1 aromatic heterocycles. The van der Waals surface area contributed by atoms with Crippen LogP contribution in [0.1, 0.15) is 31.0 Å². The van der Waals surface area contributed by atoms with Crippen LogP contribution in [-0.4, -0.2) is 12.8 Å². The van der Waals surface area contributed by atoms with Crippen molar-refractivity contribution in [1.29, 1.82) is 0 Å². The zero-order chi connectivity index (χ0) is 10.1. The topological polar surface area (TPSA) is 12.9 Å². The monoisotopic (exact) mass is 195 g/mol. The molecule has 1 nitrogen and oxygen atoms in total. The summed E-state index contributed by atoms with van der Waals surface area (Å²) in [4.78, 5) is 3.95. The van der Waals surface area contributed by atoms with Crippen LogP contribution in [0.25, 0.3) is 0 Å². The van der Waals surface area contributed by atoms with Gasteiger partial charge in [0.15, 0.2) is 0 Å². The third-order valence-electron chi connectivity index (χ3n) is 1.85. The Hall–Kier alpha value is -0.425. The molecule has 0 aliphatic rings. The van der Waals surface area contributed by atoms with E-state index in [9.17, 15) is 4.39 Å².